The van der Waals surface area contributed by atoms with Crippen LogP contribution in [0, 0.1) is 0 Å². The zero-order valence-electron chi connectivity index (χ0n) is 28.2. The van der Waals surface area contributed by atoms with Gasteiger partial charge in [0.15, 0.2) is 11.5 Å². The summed E-state index contributed by atoms with van der Waals surface area (Å²) in [6.45, 7) is 7.14. The lowest BCUT2D eigenvalue weighted by atomic mass is 10.0. The Labute approximate surface area is 282 Å². The number of ether oxygens (including phenoxy) is 3. The van der Waals surface area contributed by atoms with Crippen molar-refractivity contribution in [1.29, 1.82) is 0 Å². The molecule has 3 heterocycles. The molecule has 0 amide bonds. The number of fused-ring (bicyclic) bond motifs is 1. The summed E-state index contributed by atoms with van der Waals surface area (Å²) in [6.07, 6.45) is 6.20. The number of hydrogen-bond donors (Lipinski definition) is 1. The van der Waals surface area contributed by atoms with Gasteiger partial charge < -0.3 is 29.1 Å². The smallest absolute Gasteiger partial charge is 0.336 e. The van der Waals surface area contributed by atoms with Crippen molar-refractivity contribution in [2.45, 2.75) is 58.2 Å². The largest absolute Gasteiger partial charge is 0.497 e. The molecule has 0 spiro atoms. The summed E-state index contributed by atoms with van der Waals surface area (Å²) in [4.78, 5) is 14.4. The predicted octanol–water partition coefficient (Wildman–Crippen LogP) is 6.25. The molecule has 48 heavy (non-hydrogen) atoms. The first-order valence-corrected chi connectivity index (χ1v) is 16.9. The summed E-state index contributed by atoms with van der Waals surface area (Å²) < 4.78 is 18.6. The Kier molecular flexibility index (Phi) is 11.0. The highest BCUT2D eigenvalue weighted by Crippen LogP contribution is 2.30. The van der Waals surface area contributed by atoms with Gasteiger partial charge in [-0.3, -0.25) is 0 Å². The number of imidazole rings is 1. The van der Waals surface area contributed by atoms with Crippen molar-refractivity contribution >= 4 is 11.5 Å². The molecule has 1 atom stereocenters. The first-order valence-electron chi connectivity index (χ1n) is 16.9. The number of aromatic nitrogens is 4. The topological polar surface area (TPSA) is 97.5 Å². The molecule has 0 aliphatic carbocycles. The number of rotatable bonds is 16. The number of anilines is 1. The first-order chi connectivity index (χ1) is 23.5. The number of unbranched alkanes of at least 4 members (excludes halogenated alkanes) is 1. The quantitative estimate of drug-likeness (QED) is 0.124. The van der Waals surface area contributed by atoms with Crippen LogP contribution >= 0.6 is 0 Å². The number of methoxy groups -OCH3 is 2. The van der Waals surface area contributed by atoms with Crippen molar-refractivity contribution in [2.24, 2.45) is 0 Å². The van der Waals surface area contributed by atoms with Crippen LogP contribution in [0.1, 0.15) is 66.7 Å². The van der Waals surface area contributed by atoms with Gasteiger partial charge in [0.25, 0.3) is 0 Å². The Balaban J connectivity index is 1.34. The molecule has 0 saturated carbocycles. The maximum Gasteiger partial charge on any atom is 0.336 e. The first kappa shape index (κ1) is 33.2. The third-order valence-corrected chi connectivity index (χ3v) is 8.94. The Bertz CT molecular complexity index is 1690. The Hall–Kier alpha value is -4.67. The number of aliphatic hydroxyl groups is 1. The highest BCUT2D eigenvalue weighted by Gasteiger charge is 2.24. The molecule has 1 saturated heterocycles. The Morgan fingerprint density at radius 3 is 2.02 bits per heavy atom. The molecule has 5 aromatic rings. The third-order valence-electron chi connectivity index (χ3n) is 8.94. The summed E-state index contributed by atoms with van der Waals surface area (Å²) in [6, 6.07) is 24.5. The van der Waals surface area contributed by atoms with Crippen LogP contribution in [-0.4, -0.2) is 70.0 Å². The molecule has 10 heteroatoms. The van der Waals surface area contributed by atoms with Crippen molar-refractivity contribution in [3.63, 3.8) is 0 Å². The maximum atomic E-state index is 11.7. The SMILES string of the molecule is CCCCOc1nc(N(Cc2ccc(OC)cc2)Cc2ccc(OC)cc2)c2ncc(C(O)c3ccc(CCN4CCCC4)cc3)n2n1. The fourth-order valence-corrected chi connectivity index (χ4v) is 6.07. The van der Waals surface area contributed by atoms with Gasteiger partial charge in [0.2, 0.25) is 0 Å². The molecule has 10 nitrogen and oxygen atoms in total. The minimum Gasteiger partial charge on any atom is -0.497 e. The van der Waals surface area contributed by atoms with E-state index in [0.29, 0.717) is 36.9 Å². The normalized spacial score (nSPS) is 13.9. The van der Waals surface area contributed by atoms with Crippen molar-refractivity contribution in [3.8, 4) is 17.5 Å². The number of hydrogen-bond acceptors (Lipinski definition) is 9. The van der Waals surface area contributed by atoms with Crippen LogP contribution in [0.25, 0.3) is 5.65 Å². The summed E-state index contributed by atoms with van der Waals surface area (Å²) >= 11 is 0. The van der Waals surface area contributed by atoms with E-state index >= 15 is 0 Å². The van der Waals surface area contributed by atoms with Gasteiger partial charge in [-0.2, -0.15) is 4.98 Å². The van der Waals surface area contributed by atoms with E-state index in [9.17, 15) is 5.11 Å². The van der Waals surface area contributed by atoms with Gasteiger partial charge in [-0.05, 0) is 85.3 Å². The lowest BCUT2D eigenvalue weighted by Gasteiger charge is -2.25. The van der Waals surface area contributed by atoms with Crippen molar-refractivity contribution in [2.75, 3.05) is 45.4 Å². The number of benzene rings is 3. The fourth-order valence-electron chi connectivity index (χ4n) is 6.07. The molecule has 1 unspecified atom stereocenters. The van der Waals surface area contributed by atoms with E-state index < -0.39 is 6.10 Å². The van der Waals surface area contributed by atoms with Gasteiger partial charge in [0.05, 0.1) is 32.7 Å². The lowest BCUT2D eigenvalue weighted by molar-refractivity contribution is 0.211. The molecule has 2 aromatic heterocycles. The minimum absolute atomic E-state index is 0.240. The van der Waals surface area contributed by atoms with Gasteiger partial charge in [0, 0.05) is 19.6 Å². The van der Waals surface area contributed by atoms with Crippen LogP contribution in [0.3, 0.4) is 0 Å². The van der Waals surface area contributed by atoms with Gasteiger partial charge in [0.1, 0.15) is 17.6 Å². The summed E-state index contributed by atoms with van der Waals surface area (Å²) in [5, 5.41) is 16.4. The highest BCUT2D eigenvalue weighted by molar-refractivity contribution is 5.65. The van der Waals surface area contributed by atoms with Crippen LogP contribution in [0.15, 0.2) is 79.0 Å². The Morgan fingerprint density at radius 2 is 1.44 bits per heavy atom. The van der Waals surface area contributed by atoms with E-state index in [1.807, 2.05) is 60.7 Å². The van der Waals surface area contributed by atoms with Crippen molar-refractivity contribution in [1.82, 2.24) is 24.5 Å². The summed E-state index contributed by atoms with van der Waals surface area (Å²) in [5.41, 5.74) is 5.28. The van der Waals surface area contributed by atoms with Crippen LogP contribution in [0.2, 0.25) is 0 Å². The van der Waals surface area contributed by atoms with Crippen LogP contribution in [-0.2, 0) is 19.5 Å². The molecule has 0 radical (unpaired) electrons. The van der Waals surface area contributed by atoms with E-state index in [4.69, 9.17) is 29.3 Å². The molecule has 1 aliphatic rings. The average molecular weight is 651 g/mol. The Morgan fingerprint density at radius 1 is 0.833 bits per heavy atom. The standard InChI is InChI=1S/C38H46N6O4/c1-4-5-24-48-38-40-37(43(26-29-10-16-32(46-2)17-11-29)27-30-12-18-33(47-3)19-13-30)36-39-25-34(44(36)41-38)35(45)31-14-8-28(9-15-31)20-23-42-21-6-7-22-42/h8-19,25,35,45H,4-7,20-24,26-27H2,1-3H3. The van der Waals surface area contributed by atoms with Crippen LogP contribution < -0.4 is 19.1 Å². The van der Waals surface area contributed by atoms with E-state index in [-0.39, 0.29) is 6.01 Å². The molecule has 1 fully saturated rings. The van der Waals surface area contributed by atoms with Crippen LogP contribution in [0.4, 0.5) is 5.82 Å². The summed E-state index contributed by atoms with van der Waals surface area (Å²) in [7, 11) is 3.33. The molecule has 6 rings (SSSR count). The predicted molar refractivity (Wildman–Crippen MR) is 187 cm³/mol. The fraction of sp³-hybridized carbons (Fsp3) is 0.395. The van der Waals surface area contributed by atoms with Crippen molar-refractivity contribution < 1.29 is 19.3 Å². The average Bonchev–Trinajstić information content (AvgIpc) is 3.81. The van der Waals surface area contributed by atoms with Gasteiger partial charge in [-0.1, -0.05) is 61.9 Å². The van der Waals surface area contributed by atoms with Gasteiger partial charge in [-0.15, -0.1) is 5.10 Å². The molecule has 3 aromatic carbocycles. The summed E-state index contributed by atoms with van der Waals surface area (Å²) in [5.74, 6) is 2.20. The van der Waals surface area contributed by atoms with Gasteiger partial charge >= 0.3 is 6.01 Å². The zero-order valence-corrected chi connectivity index (χ0v) is 28.2. The number of likely N-dealkylation sites (tertiary alicyclic amines) is 1. The number of nitrogens with zero attached hydrogens (tertiary/aromatic N) is 6. The zero-order chi connectivity index (χ0) is 33.3. The van der Waals surface area contributed by atoms with Crippen LogP contribution in [0.5, 0.6) is 17.5 Å². The second kappa shape index (κ2) is 16.0. The number of aliphatic hydroxyl groups excluding tert-OH is 1. The molecular formula is C38H46N6O4. The molecular weight excluding hydrogens is 604 g/mol. The van der Waals surface area contributed by atoms with E-state index in [2.05, 4.69) is 28.9 Å². The van der Waals surface area contributed by atoms with E-state index in [1.165, 1.54) is 31.5 Å². The minimum atomic E-state index is -0.935. The second-order valence-electron chi connectivity index (χ2n) is 12.3. The molecule has 1 aliphatic heterocycles. The van der Waals surface area contributed by atoms with Crippen molar-refractivity contribution in [3.05, 3.63) is 107 Å². The van der Waals surface area contributed by atoms with E-state index in [0.717, 1.165) is 54.0 Å². The highest BCUT2D eigenvalue weighted by atomic mass is 16.5. The maximum absolute atomic E-state index is 11.7. The second-order valence-corrected chi connectivity index (χ2v) is 12.3. The molecule has 252 valence electrons. The molecule has 1 N–H and O–H groups in total. The molecule has 0 bridgehead atoms. The lowest BCUT2D eigenvalue weighted by Crippen LogP contribution is -2.25. The van der Waals surface area contributed by atoms with E-state index in [1.54, 1.807) is 24.9 Å². The van der Waals surface area contributed by atoms with Gasteiger partial charge in [-0.25, -0.2) is 9.50 Å². The third kappa shape index (κ3) is 8.06. The monoisotopic (exact) mass is 650 g/mol.